The number of phenols is 1. The molecular weight excluding hydrogens is 176 g/mol. The Morgan fingerprint density at radius 3 is 2.79 bits per heavy atom. The van der Waals surface area contributed by atoms with Crippen LogP contribution in [0.1, 0.15) is 12.5 Å². The molecular formula is C12H12O2. The Bertz CT molecular complexity index is 389. The summed E-state index contributed by atoms with van der Waals surface area (Å²) >= 11 is 0. The fourth-order valence-corrected chi connectivity index (χ4v) is 0.943. The number of rotatable bonds is 3. The van der Waals surface area contributed by atoms with Crippen LogP contribution in [0.25, 0.3) is 6.08 Å². The van der Waals surface area contributed by atoms with Crippen molar-refractivity contribution >= 4 is 11.9 Å². The van der Waals surface area contributed by atoms with Crippen molar-refractivity contribution in [1.82, 2.24) is 0 Å². The van der Waals surface area contributed by atoms with Gasteiger partial charge in [-0.2, -0.15) is 0 Å². The quantitative estimate of drug-likeness (QED) is 0.740. The van der Waals surface area contributed by atoms with Gasteiger partial charge in [-0.1, -0.05) is 24.8 Å². The Morgan fingerprint density at radius 2 is 2.21 bits per heavy atom. The molecule has 0 aliphatic heterocycles. The maximum atomic E-state index is 11.2. The minimum Gasteiger partial charge on any atom is -0.508 e. The minimum atomic E-state index is -0.103. The molecule has 1 aromatic carbocycles. The summed E-state index contributed by atoms with van der Waals surface area (Å²) in [6.45, 7) is 5.20. The van der Waals surface area contributed by atoms with Gasteiger partial charge in [-0.05, 0) is 36.3 Å². The first kappa shape index (κ1) is 10.3. The van der Waals surface area contributed by atoms with Gasteiger partial charge >= 0.3 is 0 Å². The highest BCUT2D eigenvalue weighted by Gasteiger charge is 1.95. The van der Waals surface area contributed by atoms with E-state index in [1.807, 2.05) is 6.07 Å². The van der Waals surface area contributed by atoms with Crippen LogP contribution in [-0.4, -0.2) is 10.9 Å². The van der Waals surface area contributed by atoms with Gasteiger partial charge in [0, 0.05) is 0 Å². The summed E-state index contributed by atoms with van der Waals surface area (Å²) in [6.07, 6.45) is 3.09. The Hall–Kier alpha value is -1.83. The number of phenolic OH excluding ortho intramolecular Hbond substituents is 1. The molecule has 0 radical (unpaired) electrons. The zero-order chi connectivity index (χ0) is 10.6. The fraction of sp³-hybridized carbons (Fsp3) is 0.0833. The van der Waals surface area contributed by atoms with Crippen LogP contribution in [0.5, 0.6) is 5.75 Å². The van der Waals surface area contributed by atoms with Gasteiger partial charge in [-0.3, -0.25) is 4.79 Å². The van der Waals surface area contributed by atoms with Crippen molar-refractivity contribution in [3.8, 4) is 5.75 Å². The maximum absolute atomic E-state index is 11.2. The summed E-state index contributed by atoms with van der Waals surface area (Å²) in [5.41, 5.74) is 1.29. The Morgan fingerprint density at radius 1 is 1.50 bits per heavy atom. The molecule has 0 bridgehead atoms. The molecule has 0 spiro atoms. The third-order valence-electron chi connectivity index (χ3n) is 1.72. The average Bonchev–Trinajstić information content (AvgIpc) is 2.14. The molecule has 0 saturated heterocycles. The third kappa shape index (κ3) is 2.90. The summed E-state index contributed by atoms with van der Waals surface area (Å²) in [7, 11) is 0. The van der Waals surface area contributed by atoms with E-state index in [4.69, 9.17) is 5.11 Å². The number of ketones is 1. The highest BCUT2D eigenvalue weighted by Crippen LogP contribution is 2.12. The Labute approximate surface area is 83.2 Å². The Balaban J connectivity index is 2.79. The van der Waals surface area contributed by atoms with E-state index in [0.717, 1.165) is 5.56 Å². The standard InChI is InChI=1S/C12H12O2/c1-9(2)12(14)7-6-10-4-3-5-11(13)8-10/h3-8,13H,1H2,2H3. The van der Waals surface area contributed by atoms with Crippen LogP contribution in [0.15, 0.2) is 42.5 Å². The molecule has 0 aliphatic rings. The molecule has 14 heavy (non-hydrogen) atoms. The van der Waals surface area contributed by atoms with Gasteiger partial charge in [0.15, 0.2) is 5.78 Å². The first-order valence-electron chi connectivity index (χ1n) is 4.26. The van der Waals surface area contributed by atoms with E-state index >= 15 is 0 Å². The lowest BCUT2D eigenvalue weighted by molar-refractivity contribution is -0.111. The van der Waals surface area contributed by atoms with Crippen molar-refractivity contribution in [2.75, 3.05) is 0 Å². The monoisotopic (exact) mass is 188 g/mol. The molecule has 1 aromatic rings. The fourth-order valence-electron chi connectivity index (χ4n) is 0.943. The summed E-state index contributed by atoms with van der Waals surface area (Å²) in [5.74, 6) is 0.0864. The van der Waals surface area contributed by atoms with Crippen LogP contribution >= 0.6 is 0 Å². The highest BCUT2D eigenvalue weighted by atomic mass is 16.3. The van der Waals surface area contributed by atoms with Gasteiger partial charge in [-0.25, -0.2) is 0 Å². The lowest BCUT2D eigenvalue weighted by Gasteiger charge is -1.94. The smallest absolute Gasteiger partial charge is 0.180 e. The van der Waals surface area contributed by atoms with Gasteiger partial charge in [0.1, 0.15) is 5.75 Å². The van der Waals surface area contributed by atoms with Crippen LogP contribution < -0.4 is 0 Å². The Kier molecular flexibility index (Phi) is 3.24. The van der Waals surface area contributed by atoms with E-state index < -0.39 is 0 Å². The molecule has 0 unspecified atom stereocenters. The molecule has 0 saturated carbocycles. The highest BCUT2D eigenvalue weighted by molar-refractivity contribution is 6.05. The molecule has 0 amide bonds. The van der Waals surface area contributed by atoms with E-state index in [-0.39, 0.29) is 11.5 Å². The lowest BCUT2D eigenvalue weighted by Crippen LogP contribution is -1.91. The molecule has 0 atom stereocenters. The molecule has 72 valence electrons. The summed E-state index contributed by atoms with van der Waals surface area (Å²) in [6, 6.07) is 6.70. The molecule has 0 aliphatic carbocycles. The van der Waals surface area contributed by atoms with Crippen molar-refractivity contribution < 1.29 is 9.90 Å². The average molecular weight is 188 g/mol. The van der Waals surface area contributed by atoms with E-state index in [9.17, 15) is 4.79 Å². The normalized spacial score (nSPS) is 10.4. The summed E-state index contributed by atoms with van der Waals surface area (Å²) in [4.78, 5) is 11.2. The molecule has 1 N–H and O–H groups in total. The van der Waals surface area contributed by atoms with E-state index in [2.05, 4.69) is 6.58 Å². The predicted octanol–water partition coefficient (Wildman–Crippen LogP) is 2.55. The molecule has 2 heteroatoms. The predicted molar refractivity (Wildman–Crippen MR) is 57.0 cm³/mol. The van der Waals surface area contributed by atoms with Crippen LogP contribution in [0, 0.1) is 0 Å². The van der Waals surface area contributed by atoms with Gasteiger partial charge in [0.25, 0.3) is 0 Å². The molecule has 1 rings (SSSR count). The zero-order valence-corrected chi connectivity index (χ0v) is 8.03. The van der Waals surface area contributed by atoms with Crippen molar-refractivity contribution in [2.45, 2.75) is 6.92 Å². The molecule has 0 fully saturated rings. The SMILES string of the molecule is C=C(C)C(=O)C=Cc1cccc(O)c1. The first-order chi connectivity index (χ1) is 6.59. The third-order valence-corrected chi connectivity index (χ3v) is 1.72. The van der Waals surface area contributed by atoms with Crippen molar-refractivity contribution in [3.05, 3.63) is 48.1 Å². The van der Waals surface area contributed by atoms with Gasteiger partial charge in [0.2, 0.25) is 0 Å². The second kappa shape index (κ2) is 4.42. The molecule has 0 aromatic heterocycles. The van der Waals surface area contributed by atoms with E-state index in [0.29, 0.717) is 5.57 Å². The number of carbonyl (C=O) groups excluding carboxylic acids is 1. The van der Waals surface area contributed by atoms with Crippen LogP contribution in [0.3, 0.4) is 0 Å². The van der Waals surface area contributed by atoms with Gasteiger partial charge in [0.05, 0.1) is 0 Å². The van der Waals surface area contributed by atoms with Crippen LogP contribution in [0.4, 0.5) is 0 Å². The summed E-state index contributed by atoms with van der Waals surface area (Å²) in [5, 5.41) is 9.15. The van der Waals surface area contributed by atoms with Crippen molar-refractivity contribution in [1.29, 1.82) is 0 Å². The number of benzene rings is 1. The lowest BCUT2D eigenvalue weighted by atomic mass is 10.1. The number of carbonyl (C=O) groups is 1. The molecule has 0 heterocycles. The van der Waals surface area contributed by atoms with E-state index in [1.54, 1.807) is 31.2 Å². The summed E-state index contributed by atoms with van der Waals surface area (Å²) < 4.78 is 0. The first-order valence-corrected chi connectivity index (χ1v) is 4.26. The topological polar surface area (TPSA) is 37.3 Å². The second-order valence-corrected chi connectivity index (χ2v) is 3.07. The van der Waals surface area contributed by atoms with Crippen LogP contribution in [-0.2, 0) is 4.79 Å². The van der Waals surface area contributed by atoms with Crippen molar-refractivity contribution in [3.63, 3.8) is 0 Å². The second-order valence-electron chi connectivity index (χ2n) is 3.07. The largest absolute Gasteiger partial charge is 0.508 e. The number of allylic oxidation sites excluding steroid dienone is 2. The van der Waals surface area contributed by atoms with Gasteiger partial charge < -0.3 is 5.11 Å². The van der Waals surface area contributed by atoms with E-state index in [1.165, 1.54) is 6.08 Å². The zero-order valence-electron chi connectivity index (χ0n) is 8.03. The van der Waals surface area contributed by atoms with Crippen LogP contribution in [0.2, 0.25) is 0 Å². The maximum Gasteiger partial charge on any atom is 0.180 e. The molecule has 2 nitrogen and oxygen atoms in total. The number of hydrogen-bond acceptors (Lipinski definition) is 2. The number of hydrogen-bond donors (Lipinski definition) is 1. The van der Waals surface area contributed by atoms with Gasteiger partial charge in [-0.15, -0.1) is 0 Å². The van der Waals surface area contributed by atoms with Crippen molar-refractivity contribution in [2.24, 2.45) is 0 Å². The number of aromatic hydroxyl groups is 1. The minimum absolute atomic E-state index is 0.103.